The topological polar surface area (TPSA) is 69.9 Å². The Kier molecular flexibility index (Phi) is 5.73. The molecule has 33 heavy (non-hydrogen) atoms. The molecule has 0 heterocycles. The van der Waals surface area contributed by atoms with Gasteiger partial charge in [-0.25, -0.2) is 9.18 Å². The maximum absolute atomic E-state index is 14.3. The van der Waals surface area contributed by atoms with Gasteiger partial charge < -0.3 is 10.3 Å². The third kappa shape index (κ3) is 4.35. The summed E-state index contributed by atoms with van der Waals surface area (Å²) in [6.07, 6.45) is 5.22. The second kappa shape index (κ2) is 8.51. The monoisotopic (exact) mass is 441 g/mol. The van der Waals surface area contributed by atoms with Crippen molar-refractivity contribution in [3.8, 4) is 0 Å². The molecule has 3 aromatic carbocycles. The normalized spacial score (nSPS) is 14.9. The van der Waals surface area contributed by atoms with Crippen LogP contribution in [0.2, 0.25) is 0 Å². The Labute approximate surface area is 192 Å². The average Bonchev–Trinajstić information content (AvgIpc) is 3.06. The zero-order valence-corrected chi connectivity index (χ0v) is 18.6. The molecule has 4 nitrogen and oxygen atoms in total. The van der Waals surface area contributed by atoms with Crippen LogP contribution in [-0.4, -0.2) is 22.0 Å². The van der Waals surface area contributed by atoms with E-state index in [1.54, 1.807) is 0 Å². The molecular weight excluding hydrogens is 417 g/mol. The highest BCUT2D eigenvalue weighted by molar-refractivity contribution is 6.11. The van der Waals surface area contributed by atoms with Gasteiger partial charge in [0.25, 0.3) is 0 Å². The Morgan fingerprint density at radius 3 is 2.33 bits per heavy atom. The number of aryl methyl sites for hydroxylation is 1. The van der Waals surface area contributed by atoms with Crippen molar-refractivity contribution in [3.05, 3.63) is 118 Å². The molecule has 2 N–H and O–H groups in total. The molecule has 0 saturated carbocycles. The van der Waals surface area contributed by atoms with Crippen LogP contribution in [0.1, 0.15) is 57.6 Å². The molecule has 0 unspecified atom stereocenters. The first kappa shape index (κ1) is 22.2. The number of carbonyl (C=O) groups is 1. The summed E-state index contributed by atoms with van der Waals surface area (Å²) in [7, 11) is 0. The second-order valence-corrected chi connectivity index (χ2v) is 8.77. The summed E-state index contributed by atoms with van der Waals surface area (Å²) in [6, 6.07) is 18.0. The van der Waals surface area contributed by atoms with Crippen LogP contribution < -0.4 is 0 Å². The van der Waals surface area contributed by atoms with Crippen molar-refractivity contribution in [1.29, 1.82) is 0 Å². The Morgan fingerprint density at radius 2 is 1.70 bits per heavy atom. The molecule has 0 radical (unpaired) electrons. The van der Waals surface area contributed by atoms with Crippen LogP contribution in [0, 0.1) is 12.7 Å². The van der Waals surface area contributed by atoms with E-state index in [0.29, 0.717) is 5.56 Å². The molecule has 0 spiro atoms. The first-order valence-corrected chi connectivity index (χ1v) is 10.6. The van der Waals surface area contributed by atoms with E-state index in [-0.39, 0.29) is 22.3 Å². The van der Waals surface area contributed by atoms with Crippen molar-refractivity contribution in [2.75, 3.05) is 0 Å². The maximum Gasteiger partial charge on any atom is 0.335 e. The van der Waals surface area contributed by atoms with E-state index < -0.39 is 11.8 Å². The summed E-state index contributed by atoms with van der Waals surface area (Å²) in [5.74, 6) is -1.85. The van der Waals surface area contributed by atoms with Gasteiger partial charge in [0.2, 0.25) is 0 Å². The van der Waals surface area contributed by atoms with Gasteiger partial charge in [0, 0.05) is 16.5 Å². The van der Waals surface area contributed by atoms with Crippen LogP contribution >= 0.6 is 0 Å². The predicted octanol–water partition coefficient (Wildman–Crippen LogP) is 6.45. The van der Waals surface area contributed by atoms with Crippen molar-refractivity contribution in [2.24, 2.45) is 5.16 Å². The van der Waals surface area contributed by atoms with E-state index >= 15 is 0 Å². The van der Waals surface area contributed by atoms with E-state index in [1.165, 1.54) is 35.4 Å². The largest absolute Gasteiger partial charge is 0.478 e. The molecule has 0 amide bonds. The lowest BCUT2D eigenvalue weighted by Gasteiger charge is -2.18. The number of halogens is 1. The lowest BCUT2D eigenvalue weighted by molar-refractivity contribution is 0.0696. The van der Waals surface area contributed by atoms with Crippen LogP contribution in [-0.2, 0) is 5.41 Å². The molecule has 0 fully saturated rings. The van der Waals surface area contributed by atoms with Crippen molar-refractivity contribution in [3.63, 3.8) is 0 Å². The summed E-state index contributed by atoms with van der Waals surface area (Å²) in [6.45, 7) is 6.34. The summed E-state index contributed by atoms with van der Waals surface area (Å²) in [5, 5.41) is 22.0. The molecular formula is C28H24FNO3. The summed E-state index contributed by atoms with van der Waals surface area (Å²) >= 11 is 0. The molecule has 0 aromatic heterocycles. The predicted molar refractivity (Wildman–Crippen MR) is 128 cm³/mol. The van der Waals surface area contributed by atoms with E-state index in [1.807, 2.05) is 18.2 Å². The van der Waals surface area contributed by atoms with Gasteiger partial charge in [0.05, 0.1) is 5.56 Å². The van der Waals surface area contributed by atoms with Crippen LogP contribution in [0.5, 0.6) is 0 Å². The van der Waals surface area contributed by atoms with Gasteiger partial charge in [0.1, 0.15) is 11.5 Å². The minimum Gasteiger partial charge on any atom is -0.478 e. The number of rotatable bonds is 5. The molecule has 1 aliphatic rings. The molecule has 0 saturated heterocycles. The molecule has 4 rings (SSSR count). The Hall–Kier alpha value is -3.99. The number of fused-ring (bicyclic) bond motifs is 1. The number of aromatic carboxylic acids is 1. The van der Waals surface area contributed by atoms with Crippen LogP contribution in [0.25, 0.3) is 11.6 Å². The van der Waals surface area contributed by atoms with Crippen molar-refractivity contribution in [1.82, 2.24) is 0 Å². The quantitative estimate of drug-likeness (QED) is 0.272. The number of carboxylic acids is 1. The van der Waals surface area contributed by atoms with Gasteiger partial charge in [-0.15, -0.1) is 0 Å². The van der Waals surface area contributed by atoms with E-state index in [2.05, 4.69) is 56.3 Å². The van der Waals surface area contributed by atoms with Gasteiger partial charge in [-0.3, -0.25) is 0 Å². The van der Waals surface area contributed by atoms with Crippen molar-refractivity contribution >= 4 is 23.3 Å². The zero-order chi connectivity index (χ0) is 23.8. The highest BCUT2D eigenvalue weighted by atomic mass is 19.1. The summed E-state index contributed by atoms with van der Waals surface area (Å²) in [4.78, 5) is 11.0. The lowest BCUT2D eigenvalue weighted by Crippen LogP contribution is -2.12. The Balaban J connectivity index is 1.66. The van der Waals surface area contributed by atoms with Crippen LogP contribution in [0.4, 0.5) is 4.39 Å². The average molecular weight is 442 g/mol. The number of allylic oxidation sites excluding steroid dienone is 2. The number of benzene rings is 3. The first-order chi connectivity index (χ1) is 15.7. The molecule has 0 aliphatic heterocycles. The van der Waals surface area contributed by atoms with Gasteiger partial charge in [-0.1, -0.05) is 73.1 Å². The highest BCUT2D eigenvalue weighted by Gasteiger charge is 2.30. The number of hydrogen-bond acceptors (Lipinski definition) is 3. The van der Waals surface area contributed by atoms with Crippen LogP contribution in [0.15, 0.2) is 78.0 Å². The molecule has 0 atom stereocenters. The molecule has 3 aromatic rings. The Morgan fingerprint density at radius 1 is 1.00 bits per heavy atom. The third-order valence-corrected chi connectivity index (χ3v) is 5.94. The van der Waals surface area contributed by atoms with E-state index in [9.17, 15) is 14.4 Å². The fourth-order valence-corrected chi connectivity index (χ4v) is 4.11. The molecule has 1 aliphatic carbocycles. The maximum atomic E-state index is 14.3. The number of oxime groups is 1. The fraction of sp³-hybridized carbons (Fsp3) is 0.143. The summed E-state index contributed by atoms with van der Waals surface area (Å²) < 4.78 is 14.3. The Bertz CT molecular complexity index is 1330. The fourth-order valence-electron chi connectivity index (χ4n) is 4.11. The highest BCUT2D eigenvalue weighted by Crippen LogP contribution is 2.43. The van der Waals surface area contributed by atoms with Gasteiger partial charge >= 0.3 is 5.97 Å². The van der Waals surface area contributed by atoms with E-state index in [4.69, 9.17) is 5.11 Å². The van der Waals surface area contributed by atoms with E-state index in [0.717, 1.165) is 22.8 Å². The zero-order valence-electron chi connectivity index (χ0n) is 18.6. The standard InChI is InChI=1S/C28H24FNO3/c1-17-4-6-18(7-5-17)23-16-28(2,3)24-14-20(10-12-22(23)24)26(30-33)13-11-19-8-9-21(27(31)32)15-25(19)29/h4-16,33H,1-3H3,(H,31,32)/b13-11+,30-26?. The third-order valence-electron chi connectivity index (χ3n) is 5.94. The minimum absolute atomic E-state index is 0.126. The minimum atomic E-state index is -1.19. The van der Waals surface area contributed by atoms with Gasteiger partial charge in [-0.05, 0) is 59.5 Å². The van der Waals surface area contributed by atoms with Gasteiger partial charge in [-0.2, -0.15) is 0 Å². The van der Waals surface area contributed by atoms with Crippen molar-refractivity contribution in [2.45, 2.75) is 26.2 Å². The molecule has 0 bridgehead atoms. The van der Waals surface area contributed by atoms with Crippen molar-refractivity contribution < 1.29 is 19.5 Å². The number of nitrogens with zero attached hydrogens (tertiary/aromatic N) is 1. The molecule has 166 valence electrons. The number of carboxylic acid groups (broad SMARTS) is 1. The summed E-state index contributed by atoms with van der Waals surface area (Å²) in [5.41, 5.74) is 6.60. The second-order valence-electron chi connectivity index (χ2n) is 8.77. The first-order valence-electron chi connectivity index (χ1n) is 10.6. The van der Waals surface area contributed by atoms with Crippen LogP contribution in [0.3, 0.4) is 0 Å². The smallest absolute Gasteiger partial charge is 0.335 e. The van der Waals surface area contributed by atoms with Gasteiger partial charge in [0.15, 0.2) is 0 Å². The SMILES string of the molecule is Cc1ccc(C2=CC(C)(C)c3cc(C(/C=C/c4ccc(C(=O)O)cc4F)=NO)ccc32)cc1. The lowest BCUT2D eigenvalue weighted by atomic mass is 9.85. The number of hydrogen-bond donors (Lipinski definition) is 2. The molecule has 5 heteroatoms.